The van der Waals surface area contributed by atoms with E-state index in [1.54, 1.807) is 0 Å². The van der Waals surface area contributed by atoms with E-state index in [0.717, 1.165) is 26.1 Å². The smallest absolute Gasteiger partial charge is 0.293 e. The number of rotatable bonds is 7. The maximum Gasteiger partial charge on any atom is 0.293 e. The molecule has 9 nitrogen and oxygen atoms in total. The highest BCUT2D eigenvalue weighted by atomic mass is 32.2. The summed E-state index contributed by atoms with van der Waals surface area (Å²) < 4.78 is 32.9. The van der Waals surface area contributed by atoms with Gasteiger partial charge in [0.25, 0.3) is 5.69 Å². The third-order valence-electron chi connectivity index (χ3n) is 5.49. The van der Waals surface area contributed by atoms with Crippen LogP contribution in [0.1, 0.15) is 20.3 Å². The van der Waals surface area contributed by atoms with Crippen LogP contribution in [-0.4, -0.2) is 75.0 Å². The van der Waals surface area contributed by atoms with E-state index < -0.39 is 14.9 Å². The highest BCUT2D eigenvalue weighted by Crippen LogP contribution is 2.31. The van der Waals surface area contributed by atoms with E-state index in [0.29, 0.717) is 38.5 Å². The number of nitro groups is 1. The SMILES string of the molecule is CC1CC(C)CN(S(=O)(=O)c2ccc(NCCN3CCOCC3)c([N+](=O)[O-])c2)C1. The first-order valence-electron chi connectivity index (χ1n) is 10.1. The Labute approximate surface area is 172 Å². The fourth-order valence-corrected chi connectivity index (χ4v) is 5.80. The van der Waals surface area contributed by atoms with Gasteiger partial charge in [-0.3, -0.25) is 15.0 Å². The average molecular weight is 427 g/mol. The predicted octanol–water partition coefficient (Wildman–Crippen LogP) is 2.01. The highest BCUT2D eigenvalue weighted by Gasteiger charge is 2.33. The summed E-state index contributed by atoms with van der Waals surface area (Å²) in [5.41, 5.74) is 0.119. The van der Waals surface area contributed by atoms with Crippen molar-refractivity contribution in [2.45, 2.75) is 25.2 Å². The average Bonchev–Trinajstić information content (AvgIpc) is 2.68. The zero-order valence-electron chi connectivity index (χ0n) is 17.0. The van der Waals surface area contributed by atoms with Crippen LogP contribution in [-0.2, 0) is 14.8 Å². The first-order valence-corrected chi connectivity index (χ1v) is 11.5. The molecule has 0 amide bonds. The number of anilines is 1. The zero-order valence-corrected chi connectivity index (χ0v) is 17.9. The van der Waals surface area contributed by atoms with Gasteiger partial charge < -0.3 is 10.1 Å². The minimum absolute atomic E-state index is 0.0239. The molecule has 2 aliphatic heterocycles. The van der Waals surface area contributed by atoms with Crippen LogP contribution in [0.3, 0.4) is 0 Å². The maximum absolute atomic E-state index is 13.0. The van der Waals surface area contributed by atoms with Gasteiger partial charge in [0.1, 0.15) is 5.69 Å². The molecule has 0 radical (unpaired) electrons. The Bertz CT molecular complexity index is 816. The van der Waals surface area contributed by atoms with Gasteiger partial charge in [-0.15, -0.1) is 0 Å². The third-order valence-corrected chi connectivity index (χ3v) is 7.31. The summed E-state index contributed by atoms with van der Waals surface area (Å²) in [7, 11) is -3.76. The molecule has 2 unspecified atom stereocenters. The molecule has 1 N–H and O–H groups in total. The van der Waals surface area contributed by atoms with E-state index in [9.17, 15) is 18.5 Å². The van der Waals surface area contributed by atoms with Crippen LogP contribution in [0.2, 0.25) is 0 Å². The molecule has 0 saturated carbocycles. The molecule has 1 aromatic carbocycles. The molecular weight excluding hydrogens is 396 g/mol. The van der Waals surface area contributed by atoms with Gasteiger partial charge in [-0.05, 0) is 30.4 Å². The van der Waals surface area contributed by atoms with Crippen molar-refractivity contribution in [1.29, 1.82) is 0 Å². The molecule has 0 spiro atoms. The fraction of sp³-hybridized carbons (Fsp3) is 0.684. The van der Waals surface area contributed by atoms with Gasteiger partial charge in [0.2, 0.25) is 10.0 Å². The summed E-state index contributed by atoms with van der Waals surface area (Å²) in [6.07, 6.45) is 0.984. The zero-order chi connectivity index (χ0) is 21.0. The Morgan fingerprint density at radius 3 is 2.48 bits per heavy atom. The summed E-state index contributed by atoms with van der Waals surface area (Å²) in [6.45, 7) is 9.30. The molecule has 2 fully saturated rings. The summed E-state index contributed by atoms with van der Waals surface area (Å²) in [5, 5.41) is 14.7. The van der Waals surface area contributed by atoms with Crippen molar-refractivity contribution in [3.05, 3.63) is 28.3 Å². The van der Waals surface area contributed by atoms with Gasteiger partial charge in [-0.25, -0.2) is 8.42 Å². The second kappa shape index (κ2) is 9.38. The monoisotopic (exact) mass is 426 g/mol. The first kappa shape index (κ1) is 21.9. The lowest BCUT2D eigenvalue weighted by molar-refractivity contribution is -0.384. The number of morpholine rings is 1. The van der Waals surface area contributed by atoms with Crippen LogP contribution >= 0.6 is 0 Å². The third kappa shape index (κ3) is 5.44. The van der Waals surface area contributed by atoms with E-state index in [1.165, 1.54) is 22.5 Å². The quantitative estimate of drug-likeness (QED) is 0.525. The van der Waals surface area contributed by atoms with Crippen molar-refractivity contribution in [1.82, 2.24) is 9.21 Å². The molecule has 0 bridgehead atoms. The van der Waals surface area contributed by atoms with Crippen LogP contribution < -0.4 is 5.32 Å². The van der Waals surface area contributed by atoms with Gasteiger partial charge in [0.05, 0.1) is 23.0 Å². The first-order chi connectivity index (χ1) is 13.8. The number of hydrogen-bond acceptors (Lipinski definition) is 7. The Hall–Kier alpha value is -1.75. The second-order valence-corrected chi connectivity index (χ2v) is 10.0. The van der Waals surface area contributed by atoms with E-state index in [-0.39, 0.29) is 22.4 Å². The van der Waals surface area contributed by atoms with Crippen molar-refractivity contribution in [2.75, 3.05) is 57.8 Å². The minimum Gasteiger partial charge on any atom is -0.379 e. The molecule has 0 aliphatic carbocycles. The van der Waals surface area contributed by atoms with Crippen molar-refractivity contribution in [2.24, 2.45) is 11.8 Å². The number of hydrogen-bond donors (Lipinski definition) is 1. The lowest BCUT2D eigenvalue weighted by Crippen LogP contribution is -2.42. The minimum atomic E-state index is -3.76. The molecule has 2 heterocycles. The van der Waals surface area contributed by atoms with Gasteiger partial charge in [-0.2, -0.15) is 4.31 Å². The maximum atomic E-state index is 13.0. The molecule has 2 saturated heterocycles. The highest BCUT2D eigenvalue weighted by molar-refractivity contribution is 7.89. The lowest BCUT2D eigenvalue weighted by atomic mass is 9.94. The van der Waals surface area contributed by atoms with Gasteiger partial charge in [0, 0.05) is 45.3 Å². The predicted molar refractivity (Wildman–Crippen MR) is 111 cm³/mol. The van der Waals surface area contributed by atoms with Crippen molar-refractivity contribution < 1.29 is 18.1 Å². The second-order valence-electron chi connectivity index (χ2n) is 8.08. The number of nitrogens with zero attached hydrogens (tertiary/aromatic N) is 3. The Morgan fingerprint density at radius 2 is 1.86 bits per heavy atom. The van der Waals surface area contributed by atoms with Crippen molar-refractivity contribution in [3.63, 3.8) is 0 Å². The lowest BCUT2D eigenvalue weighted by Gasteiger charge is -2.34. The van der Waals surface area contributed by atoms with Gasteiger partial charge in [-0.1, -0.05) is 13.8 Å². The number of nitrogens with one attached hydrogen (secondary N) is 1. The van der Waals surface area contributed by atoms with Crippen LogP contribution in [0.4, 0.5) is 11.4 Å². The van der Waals surface area contributed by atoms with E-state index >= 15 is 0 Å². The van der Waals surface area contributed by atoms with Crippen LogP contribution in [0.5, 0.6) is 0 Å². The molecule has 1 aromatic rings. The van der Waals surface area contributed by atoms with Gasteiger partial charge in [0.15, 0.2) is 0 Å². The van der Waals surface area contributed by atoms with E-state index in [4.69, 9.17) is 4.74 Å². The van der Waals surface area contributed by atoms with Gasteiger partial charge >= 0.3 is 0 Å². The fourth-order valence-electron chi connectivity index (χ4n) is 4.10. The standard InChI is InChI=1S/C19H30N4O5S/c1-15-11-16(2)14-22(13-15)29(26,27)17-3-4-18(19(12-17)23(24)25)20-5-6-21-7-9-28-10-8-21/h3-4,12,15-16,20H,5-11,13-14H2,1-2H3. The van der Waals surface area contributed by atoms with Crippen LogP contribution in [0.25, 0.3) is 0 Å². The molecule has 2 aliphatic rings. The molecular formula is C19H30N4O5S. The Balaban J connectivity index is 1.73. The number of piperidine rings is 1. The summed E-state index contributed by atoms with van der Waals surface area (Å²) in [5.74, 6) is 0.536. The molecule has 2 atom stereocenters. The van der Waals surface area contributed by atoms with E-state index in [1.807, 2.05) is 13.8 Å². The number of benzene rings is 1. The number of nitro benzene ring substituents is 1. The van der Waals surface area contributed by atoms with E-state index in [2.05, 4.69) is 10.2 Å². The molecule has 0 aromatic heterocycles. The topological polar surface area (TPSA) is 105 Å². The summed E-state index contributed by atoms with van der Waals surface area (Å²) in [6, 6.07) is 4.14. The molecule has 29 heavy (non-hydrogen) atoms. The number of sulfonamides is 1. The van der Waals surface area contributed by atoms with Crippen molar-refractivity contribution >= 4 is 21.4 Å². The normalized spacial score (nSPS) is 24.3. The molecule has 10 heteroatoms. The summed E-state index contributed by atoms with van der Waals surface area (Å²) >= 11 is 0. The Morgan fingerprint density at radius 1 is 1.21 bits per heavy atom. The van der Waals surface area contributed by atoms with Crippen molar-refractivity contribution in [3.8, 4) is 0 Å². The largest absolute Gasteiger partial charge is 0.379 e. The Kier molecular flexibility index (Phi) is 7.10. The molecule has 162 valence electrons. The molecule has 3 rings (SSSR count). The van der Waals surface area contributed by atoms with Crippen LogP contribution in [0, 0.1) is 22.0 Å². The van der Waals surface area contributed by atoms with Crippen LogP contribution in [0.15, 0.2) is 23.1 Å². The number of ether oxygens (including phenoxy) is 1. The summed E-state index contributed by atoms with van der Waals surface area (Å²) in [4.78, 5) is 13.2.